The molecule has 2 amide bonds. The van der Waals surface area contributed by atoms with Gasteiger partial charge >= 0.3 is 17.8 Å². The second-order valence-corrected chi connectivity index (χ2v) is 9.64. The first kappa shape index (κ1) is 24.3. The Kier molecular flexibility index (Phi) is 7.70. The van der Waals surface area contributed by atoms with Gasteiger partial charge in [-0.2, -0.15) is 10.4 Å². The van der Waals surface area contributed by atoms with Crippen molar-refractivity contribution < 1.29 is 19.1 Å². The summed E-state index contributed by atoms with van der Waals surface area (Å²) in [6.45, 7) is 0. The number of amides is 2. The first-order chi connectivity index (χ1) is 17.0. The molecule has 0 aliphatic heterocycles. The van der Waals surface area contributed by atoms with Crippen molar-refractivity contribution in [3.8, 4) is 11.8 Å². The number of halogens is 1. The van der Waals surface area contributed by atoms with Crippen LogP contribution in [0.25, 0.3) is 0 Å². The monoisotopic (exact) mass is 550 g/mol. The first-order valence-electron chi connectivity index (χ1n) is 10.7. The molecule has 0 bridgehead atoms. The van der Waals surface area contributed by atoms with Gasteiger partial charge in [0.05, 0.1) is 17.3 Å². The first-order valence-corrected chi connectivity index (χ1v) is 12.3. The Hall–Kier alpha value is -3.81. The number of thiophene rings is 1. The zero-order chi connectivity index (χ0) is 24.8. The maximum Gasteiger partial charge on any atom is 0.343 e. The molecule has 2 aromatic carbocycles. The van der Waals surface area contributed by atoms with Crippen molar-refractivity contribution >= 4 is 56.3 Å². The zero-order valence-electron chi connectivity index (χ0n) is 18.3. The second-order valence-electron chi connectivity index (χ2n) is 7.62. The fraction of sp³-hybridized carbons (Fsp3) is 0.160. The van der Waals surface area contributed by atoms with Gasteiger partial charge in [-0.15, -0.1) is 11.3 Å². The minimum atomic E-state index is -0.991. The van der Waals surface area contributed by atoms with Gasteiger partial charge < -0.3 is 10.1 Å². The van der Waals surface area contributed by atoms with Crippen LogP contribution in [0, 0.1) is 11.3 Å². The second kappa shape index (κ2) is 11.1. The molecule has 2 N–H and O–H groups in total. The Morgan fingerprint density at radius 1 is 1.09 bits per heavy atom. The Bertz CT molecular complexity index is 1360. The zero-order valence-corrected chi connectivity index (χ0v) is 20.7. The summed E-state index contributed by atoms with van der Waals surface area (Å²) in [6, 6.07) is 15.6. The lowest BCUT2D eigenvalue weighted by molar-refractivity contribution is -0.136. The Morgan fingerprint density at radius 2 is 1.86 bits per heavy atom. The molecule has 35 heavy (non-hydrogen) atoms. The van der Waals surface area contributed by atoms with E-state index in [9.17, 15) is 19.6 Å². The molecule has 1 aromatic heterocycles. The van der Waals surface area contributed by atoms with Crippen molar-refractivity contribution in [1.29, 1.82) is 5.26 Å². The third kappa shape index (κ3) is 5.82. The highest BCUT2D eigenvalue weighted by Gasteiger charge is 2.23. The lowest BCUT2D eigenvalue weighted by Gasteiger charge is -2.09. The number of hydrogen-bond donors (Lipinski definition) is 2. The van der Waals surface area contributed by atoms with Gasteiger partial charge in [0.15, 0.2) is 0 Å². The van der Waals surface area contributed by atoms with Crippen LogP contribution in [-0.4, -0.2) is 24.0 Å². The summed E-state index contributed by atoms with van der Waals surface area (Å²) >= 11 is 4.68. The van der Waals surface area contributed by atoms with E-state index in [1.165, 1.54) is 17.6 Å². The normalized spacial score (nSPS) is 12.5. The van der Waals surface area contributed by atoms with Gasteiger partial charge in [0.25, 0.3) is 0 Å². The number of benzene rings is 2. The van der Waals surface area contributed by atoms with E-state index in [2.05, 4.69) is 37.8 Å². The molecule has 0 fully saturated rings. The van der Waals surface area contributed by atoms with Gasteiger partial charge in [0.2, 0.25) is 0 Å². The van der Waals surface area contributed by atoms with Crippen molar-refractivity contribution in [1.82, 2.24) is 5.43 Å². The number of ether oxygens (including phenoxy) is 1. The van der Waals surface area contributed by atoms with Gasteiger partial charge in [0.1, 0.15) is 16.8 Å². The molecule has 0 spiro atoms. The average molecular weight is 551 g/mol. The summed E-state index contributed by atoms with van der Waals surface area (Å²) in [5, 5.41) is 16.2. The number of carbonyl (C=O) groups is 3. The highest BCUT2D eigenvalue weighted by molar-refractivity contribution is 9.10. The van der Waals surface area contributed by atoms with Crippen LogP contribution in [0.1, 0.15) is 44.8 Å². The molecule has 0 saturated heterocycles. The number of fused-ring (bicyclic) bond motifs is 1. The van der Waals surface area contributed by atoms with E-state index in [4.69, 9.17) is 4.74 Å². The topological polar surface area (TPSA) is 121 Å². The van der Waals surface area contributed by atoms with Gasteiger partial charge in [-0.3, -0.25) is 9.59 Å². The van der Waals surface area contributed by atoms with Crippen molar-refractivity contribution in [2.75, 3.05) is 5.32 Å². The molecule has 0 unspecified atom stereocenters. The minimum Gasteiger partial charge on any atom is -0.422 e. The van der Waals surface area contributed by atoms with E-state index in [1.54, 1.807) is 48.5 Å². The quantitative estimate of drug-likeness (QED) is 0.158. The van der Waals surface area contributed by atoms with E-state index in [1.807, 2.05) is 0 Å². The number of esters is 1. The van der Waals surface area contributed by atoms with Crippen molar-refractivity contribution in [2.24, 2.45) is 5.10 Å². The summed E-state index contributed by atoms with van der Waals surface area (Å²) in [6.07, 6.45) is 4.97. The van der Waals surface area contributed by atoms with Crippen molar-refractivity contribution in [3.63, 3.8) is 0 Å². The average Bonchev–Trinajstić information content (AvgIpc) is 3.22. The summed E-state index contributed by atoms with van der Waals surface area (Å²) in [5.41, 5.74) is 4.34. The van der Waals surface area contributed by atoms with Crippen LogP contribution >= 0.6 is 27.3 Å². The summed E-state index contributed by atoms with van der Waals surface area (Å²) < 4.78 is 6.17. The Labute approximate surface area is 213 Å². The Morgan fingerprint density at radius 3 is 2.63 bits per heavy atom. The number of aryl methyl sites for hydroxylation is 1. The summed E-state index contributed by atoms with van der Waals surface area (Å²) in [7, 11) is 0. The molecular weight excluding hydrogens is 532 g/mol. The smallest absolute Gasteiger partial charge is 0.343 e. The maximum atomic E-state index is 12.4. The fourth-order valence-electron chi connectivity index (χ4n) is 3.59. The number of rotatable bonds is 5. The van der Waals surface area contributed by atoms with E-state index in [0.717, 1.165) is 36.1 Å². The van der Waals surface area contributed by atoms with Crippen LogP contribution in [0.5, 0.6) is 5.75 Å². The largest absolute Gasteiger partial charge is 0.422 e. The molecule has 0 atom stereocenters. The van der Waals surface area contributed by atoms with Crippen molar-refractivity contribution in [2.45, 2.75) is 25.7 Å². The van der Waals surface area contributed by atoms with E-state index >= 15 is 0 Å². The van der Waals surface area contributed by atoms with Crippen molar-refractivity contribution in [3.05, 3.63) is 80.1 Å². The molecule has 10 heteroatoms. The lowest BCUT2D eigenvalue weighted by atomic mass is 9.96. The third-order valence-electron chi connectivity index (χ3n) is 5.27. The highest BCUT2D eigenvalue weighted by Crippen LogP contribution is 2.37. The molecule has 0 radical (unpaired) electrons. The van der Waals surface area contributed by atoms with Crippen LogP contribution in [0.3, 0.4) is 0 Å². The molecule has 0 saturated carbocycles. The third-order valence-corrected chi connectivity index (χ3v) is 6.97. The van der Waals surface area contributed by atoms with Gasteiger partial charge in [-0.05, 0) is 61.6 Å². The number of anilines is 1. The fourth-order valence-corrected chi connectivity index (χ4v) is 5.20. The van der Waals surface area contributed by atoms with E-state index < -0.39 is 17.8 Å². The molecule has 1 aliphatic rings. The standard InChI is InChI=1S/C25H19BrN4O4S/c26-17-10-11-20(34-25(33)15-6-2-1-3-7-15)16(12-17)14-28-30-23(32)22(31)29-24-19(13-27)18-8-4-5-9-21(18)35-24/h1-3,6-7,10-12,14H,4-5,8-9H2,(H,29,31)(H,30,32)/b28-14+. The number of nitrogens with one attached hydrogen (secondary N) is 2. The van der Waals surface area contributed by atoms with Gasteiger partial charge in [-0.25, -0.2) is 10.2 Å². The minimum absolute atomic E-state index is 0.229. The molecule has 4 rings (SSSR count). The number of hydrogen-bond acceptors (Lipinski definition) is 7. The number of nitrogens with zero attached hydrogens (tertiary/aromatic N) is 2. The van der Waals surface area contributed by atoms with Crippen LogP contribution in [0.2, 0.25) is 0 Å². The number of nitriles is 1. The number of hydrazone groups is 1. The molecular formula is C25H19BrN4O4S. The Balaban J connectivity index is 1.42. The van der Waals surface area contributed by atoms with Gasteiger partial charge in [0, 0.05) is 14.9 Å². The van der Waals surface area contributed by atoms with E-state index in [0.29, 0.717) is 26.2 Å². The lowest BCUT2D eigenvalue weighted by Crippen LogP contribution is -2.32. The summed E-state index contributed by atoms with van der Waals surface area (Å²) in [5.74, 6) is -2.23. The highest BCUT2D eigenvalue weighted by atomic mass is 79.9. The van der Waals surface area contributed by atoms with Gasteiger partial charge in [-0.1, -0.05) is 34.1 Å². The van der Waals surface area contributed by atoms with Crippen LogP contribution < -0.4 is 15.5 Å². The van der Waals surface area contributed by atoms with Crippen LogP contribution in [-0.2, 0) is 22.4 Å². The van der Waals surface area contributed by atoms with Crippen LogP contribution in [0.4, 0.5) is 5.00 Å². The molecule has 176 valence electrons. The van der Waals surface area contributed by atoms with Crippen LogP contribution in [0.15, 0.2) is 58.1 Å². The number of carbonyl (C=O) groups excluding carboxylic acids is 3. The van der Waals surface area contributed by atoms with E-state index in [-0.39, 0.29) is 5.75 Å². The molecule has 1 aliphatic carbocycles. The molecule has 8 nitrogen and oxygen atoms in total. The summed E-state index contributed by atoms with van der Waals surface area (Å²) in [4.78, 5) is 38.1. The maximum absolute atomic E-state index is 12.4. The molecule has 3 aromatic rings. The predicted octanol–water partition coefficient (Wildman–Crippen LogP) is 4.57. The molecule has 1 heterocycles. The SMILES string of the molecule is N#Cc1c(NC(=O)C(=O)N/N=C/c2cc(Br)ccc2OC(=O)c2ccccc2)sc2c1CCCC2. The predicted molar refractivity (Wildman–Crippen MR) is 136 cm³/mol.